The Morgan fingerprint density at radius 1 is 1.35 bits per heavy atom. The summed E-state index contributed by atoms with van der Waals surface area (Å²) in [7, 11) is -3.59. The Bertz CT molecular complexity index is 603. The van der Waals surface area contributed by atoms with Gasteiger partial charge in [-0.3, -0.25) is 0 Å². The van der Waals surface area contributed by atoms with Crippen LogP contribution in [0.15, 0.2) is 23.1 Å². The van der Waals surface area contributed by atoms with E-state index in [-0.39, 0.29) is 16.5 Å². The van der Waals surface area contributed by atoms with Crippen molar-refractivity contribution in [2.24, 2.45) is 0 Å². The Morgan fingerprint density at radius 2 is 2.10 bits per heavy atom. The van der Waals surface area contributed by atoms with Crippen molar-refractivity contribution in [3.8, 4) is 11.8 Å². The molecule has 0 fully saturated rings. The summed E-state index contributed by atoms with van der Waals surface area (Å²) in [6.45, 7) is 2.20. The first-order chi connectivity index (χ1) is 9.51. The highest BCUT2D eigenvalue weighted by Crippen LogP contribution is 2.22. The molecule has 4 nitrogen and oxygen atoms in total. The number of hydrogen-bond donors (Lipinski definition) is 2. The molecule has 0 spiro atoms. The van der Waals surface area contributed by atoms with Gasteiger partial charge in [-0.15, -0.1) is 0 Å². The van der Waals surface area contributed by atoms with Gasteiger partial charge in [-0.25, -0.2) is 13.1 Å². The molecule has 0 saturated heterocycles. The molecule has 0 heterocycles. The van der Waals surface area contributed by atoms with Crippen LogP contribution >= 0.6 is 11.6 Å². The second-order valence-corrected chi connectivity index (χ2v) is 6.35. The van der Waals surface area contributed by atoms with Crippen LogP contribution in [0.3, 0.4) is 0 Å². The molecule has 0 aliphatic rings. The number of sulfonamides is 1. The van der Waals surface area contributed by atoms with Gasteiger partial charge in [0.1, 0.15) is 11.5 Å². The van der Waals surface area contributed by atoms with Gasteiger partial charge in [-0.05, 0) is 24.6 Å². The van der Waals surface area contributed by atoms with Crippen molar-refractivity contribution in [3.63, 3.8) is 0 Å². The zero-order valence-corrected chi connectivity index (χ0v) is 12.9. The van der Waals surface area contributed by atoms with Gasteiger partial charge < -0.3 is 5.11 Å². The summed E-state index contributed by atoms with van der Waals surface area (Å²) in [4.78, 5) is 0.0465. The van der Waals surface area contributed by atoms with E-state index in [0.29, 0.717) is 12.1 Å². The van der Waals surface area contributed by atoms with E-state index in [9.17, 15) is 8.42 Å². The standard InChI is InChI=1S/C14H18ClNO3S/c1-2-3-4-9-16-20(18,19)14-8-7-12(6-5-10-17)11-13(14)15/h7-8,11,16-17H,2-4,9-10H2,1H3. The molecular formula is C14H18ClNO3S. The second-order valence-electron chi connectivity index (χ2n) is 4.21. The minimum atomic E-state index is -3.59. The van der Waals surface area contributed by atoms with Crippen LogP contribution < -0.4 is 4.72 Å². The number of rotatable bonds is 6. The van der Waals surface area contributed by atoms with Crippen LogP contribution in [0.1, 0.15) is 31.7 Å². The molecule has 1 aromatic carbocycles. The van der Waals surface area contributed by atoms with Gasteiger partial charge in [-0.1, -0.05) is 43.2 Å². The number of aliphatic hydroxyl groups excluding tert-OH is 1. The molecule has 0 aromatic heterocycles. The molecule has 1 aromatic rings. The van der Waals surface area contributed by atoms with Crippen molar-refractivity contribution in [3.05, 3.63) is 28.8 Å². The lowest BCUT2D eigenvalue weighted by Gasteiger charge is -2.08. The molecule has 0 bridgehead atoms. The van der Waals surface area contributed by atoms with Crippen molar-refractivity contribution >= 4 is 21.6 Å². The van der Waals surface area contributed by atoms with Gasteiger partial charge in [0.05, 0.1) is 5.02 Å². The highest BCUT2D eigenvalue weighted by Gasteiger charge is 2.17. The minimum absolute atomic E-state index is 0.0465. The first kappa shape index (κ1) is 17.0. The summed E-state index contributed by atoms with van der Waals surface area (Å²) in [5.74, 6) is 5.15. The molecule has 0 saturated carbocycles. The molecule has 20 heavy (non-hydrogen) atoms. The van der Waals surface area contributed by atoms with Crippen molar-refractivity contribution in [1.82, 2.24) is 4.72 Å². The van der Waals surface area contributed by atoms with Crippen molar-refractivity contribution in [1.29, 1.82) is 0 Å². The Morgan fingerprint density at radius 3 is 2.70 bits per heavy atom. The fraction of sp³-hybridized carbons (Fsp3) is 0.429. The first-order valence-electron chi connectivity index (χ1n) is 6.40. The van der Waals surface area contributed by atoms with Crippen LogP contribution in [-0.2, 0) is 10.0 Å². The van der Waals surface area contributed by atoms with Gasteiger partial charge in [0.2, 0.25) is 10.0 Å². The van der Waals surface area contributed by atoms with Crippen molar-refractivity contribution in [2.75, 3.05) is 13.2 Å². The van der Waals surface area contributed by atoms with Crippen molar-refractivity contribution in [2.45, 2.75) is 31.1 Å². The fourth-order valence-corrected chi connectivity index (χ4v) is 3.21. The van der Waals surface area contributed by atoms with Crippen LogP contribution in [0.2, 0.25) is 5.02 Å². The maximum absolute atomic E-state index is 12.1. The molecule has 0 aliphatic heterocycles. The Labute approximate surface area is 125 Å². The van der Waals surface area contributed by atoms with E-state index < -0.39 is 10.0 Å². The third kappa shape index (κ3) is 5.14. The lowest BCUT2D eigenvalue weighted by molar-refractivity contribution is 0.350. The Hall–Kier alpha value is -1.06. The lowest BCUT2D eigenvalue weighted by Crippen LogP contribution is -2.25. The highest BCUT2D eigenvalue weighted by molar-refractivity contribution is 7.89. The van der Waals surface area contributed by atoms with E-state index in [4.69, 9.17) is 16.7 Å². The number of aliphatic hydroxyl groups is 1. The molecule has 6 heteroatoms. The van der Waals surface area contributed by atoms with Gasteiger partial charge in [0, 0.05) is 12.1 Å². The maximum atomic E-state index is 12.1. The van der Waals surface area contributed by atoms with Crippen molar-refractivity contribution < 1.29 is 13.5 Å². The first-order valence-corrected chi connectivity index (χ1v) is 8.26. The summed E-state index contributed by atoms with van der Waals surface area (Å²) in [6.07, 6.45) is 2.81. The van der Waals surface area contributed by atoms with Crippen LogP contribution in [0.4, 0.5) is 0 Å². The Balaban J connectivity index is 2.85. The molecule has 110 valence electrons. The lowest BCUT2D eigenvalue weighted by atomic mass is 10.2. The molecular weight excluding hydrogens is 298 g/mol. The molecule has 0 atom stereocenters. The predicted octanol–water partition coefficient (Wildman–Crippen LogP) is 2.15. The minimum Gasteiger partial charge on any atom is -0.384 e. The molecule has 0 radical (unpaired) electrons. The van der Waals surface area contributed by atoms with E-state index in [1.54, 1.807) is 6.07 Å². The quantitative estimate of drug-likeness (QED) is 0.624. The van der Waals surface area contributed by atoms with E-state index >= 15 is 0 Å². The van der Waals surface area contributed by atoms with E-state index in [2.05, 4.69) is 23.5 Å². The number of unbranched alkanes of at least 4 members (excludes halogenated alkanes) is 2. The SMILES string of the molecule is CCCCCNS(=O)(=O)c1ccc(C#CCO)cc1Cl. The summed E-state index contributed by atoms with van der Waals surface area (Å²) in [5, 5.41) is 8.73. The summed E-state index contributed by atoms with van der Waals surface area (Å²) in [6, 6.07) is 4.46. The number of halogens is 1. The van der Waals surface area contributed by atoms with Gasteiger partial charge in [-0.2, -0.15) is 0 Å². The molecule has 1 rings (SSSR count). The molecule has 0 unspecified atom stereocenters. The topological polar surface area (TPSA) is 66.4 Å². The smallest absolute Gasteiger partial charge is 0.242 e. The average molecular weight is 316 g/mol. The normalized spacial score (nSPS) is 10.9. The number of hydrogen-bond acceptors (Lipinski definition) is 3. The summed E-state index contributed by atoms with van der Waals surface area (Å²) < 4.78 is 26.7. The molecule has 0 amide bonds. The third-order valence-corrected chi connectivity index (χ3v) is 4.55. The van der Waals surface area contributed by atoms with Crippen LogP contribution in [-0.4, -0.2) is 26.7 Å². The van der Waals surface area contributed by atoms with E-state index in [1.807, 2.05) is 0 Å². The van der Waals surface area contributed by atoms with Gasteiger partial charge >= 0.3 is 0 Å². The maximum Gasteiger partial charge on any atom is 0.242 e. The van der Waals surface area contributed by atoms with Crippen LogP contribution in [0.25, 0.3) is 0 Å². The fourth-order valence-electron chi connectivity index (χ4n) is 1.60. The molecule has 2 N–H and O–H groups in total. The van der Waals surface area contributed by atoms with Gasteiger partial charge in [0.25, 0.3) is 0 Å². The largest absolute Gasteiger partial charge is 0.384 e. The number of nitrogens with one attached hydrogen (secondary N) is 1. The van der Waals surface area contributed by atoms with Crippen LogP contribution in [0.5, 0.6) is 0 Å². The van der Waals surface area contributed by atoms with E-state index in [0.717, 1.165) is 19.3 Å². The van der Waals surface area contributed by atoms with Gasteiger partial charge in [0.15, 0.2) is 0 Å². The van der Waals surface area contributed by atoms with Crippen LogP contribution in [0, 0.1) is 11.8 Å². The second kappa shape index (κ2) is 8.28. The average Bonchev–Trinajstić information content (AvgIpc) is 2.41. The van der Waals surface area contributed by atoms with E-state index in [1.165, 1.54) is 12.1 Å². The summed E-state index contributed by atoms with van der Waals surface area (Å²) >= 11 is 5.98. The monoisotopic (exact) mass is 315 g/mol. The Kier molecular flexibility index (Phi) is 7.03. The zero-order chi connectivity index (χ0) is 15.0. The highest BCUT2D eigenvalue weighted by atomic mass is 35.5. The summed E-state index contributed by atoms with van der Waals surface area (Å²) in [5.41, 5.74) is 0.564. The number of benzene rings is 1. The predicted molar refractivity (Wildman–Crippen MR) is 80.1 cm³/mol. The zero-order valence-electron chi connectivity index (χ0n) is 11.3. The molecule has 0 aliphatic carbocycles. The third-order valence-electron chi connectivity index (χ3n) is 2.61.